The van der Waals surface area contributed by atoms with Crippen LogP contribution in [0.25, 0.3) is 10.8 Å². The Morgan fingerprint density at radius 3 is 2.96 bits per heavy atom. The Bertz CT molecular complexity index is 681. The number of benzene rings is 2. The quantitative estimate of drug-likeness (QED) is 0.795. The minimum atomic E-state index is 0.259. The second kappa shape index (κ2) is 8.15. The predicted molar refractivity (Wildman–Crippen MR) is 97.3 cm³/mol. The van der Waals surface area contributed by atoms with Gasteiger partial charge >= 0.3 is 0 Å². The minimum Gasteiger partial charge on any atom is -0.493 e. The Hall–Kier alpha value is -2.07. The van der Waals surface area contributed by atoms with Gasteiger partial charge in [0.05, 0.1) is 6.61 Å². The highest BCUT2D eigenvalue weighted by Gasteiger charge is 2.27. The zero-order valence-corrected chi connectivity index (χ0v) is 14.3. The average molecular weight is 326 g/mol. The maximum Gasteiger partial charge on any atom is 0.222 e. The molecule has 4 heteroatoms. The van der Waals surface area contributed by atoms with Gasteiger partial charge in [-0.1, -0.05) is 36.4 Å². The highest BCUT2D eigenvalue weighted by atomic mass is 16.5. The van der Waals surface area contributed by atoms with Gasteiger partial charge in [-0.2, -0.15) is 0 Å². The largest absolute Gasteiger partial charge is 0.493 e. The van der Waals surface area contributed by atoms with Crippen LogP contribution >= 0.6 is 0 Å². The first-order chi connectivity index (χ1) is 11.8. The Labute approximate surface area is 143 Å². The van der Waals surface area contributed by atoms with Gasteiger partial charge in [-0.05, 0) is 37.8 Å². The lowest BCUT2D eigenvalue weighted by atomic mass is 10.1. The molecule has 1 heterocycles. The van der Waals surface area contributed by atoms with Gasteiger partial charge in [-0.25, -0.2) is 0 Å². The molecule has 0 radical (unpaired) electrons. The molecule has 4 nitrogen and oxygen atoms in total. The summed E-state index contributed by atoms with van der Waals surface area (Å²) in [6, 6.07) is 14.7. The Balaban J connectivity index is 1.49. The molecular formula is C20H26N2O2. The van der Waals surface area contributed by atoms with Crippen LogP contribution in [0.3, 0.4) is 0 Å². The number of carbonyl (C=O) groups is 1. The summed E-state index contributed by atoms with van der Waals surface area (Å²) in [5.41, 5.74) is 0. The third-order valence-corrected chi connectivity index (χ3v) is 4.68. The first kappa shape index (κ1) is 16.8. The van der Waals surface area contributed by atoms with E-state index in [4.69, 9.17) is 4.74 Å². The topological polar surface area (TPSA) is 41.6 Å². The van der Waals surface area contributed by atoms with Crippen LogP contribution in [-0.4, -0.2) is 43.6 Å². The number of hydrogen-bond donors (Lipinski definition) is 1. The minimum absolute atomic E-state index is 0.259. The van der Waals surface area contributed by atoms with Crippen molar-refractivity contribution in [1.82, 2.24) is 10.2 Å². The molecule has 128 valence electrons. The van der Waals surface area contributed by atoms with Gasteiger partial charge in [-0.15, -0.1) is 0 Å². The van der Waals surface area contributed by atoms with E-state index in [9.17, 15) is 4.79 Å². The van der Waals surface area contributed by atoms with E-state index in [-0.39, 0.29) is 5.91 Å². The molecule has 1 fully saturated rings. The van der Waals surface area contributed by atoms with Crippen molar-refractivity contribution in [3.63, 3.8) is 0 Å². The third kappa shape index (κ3) is 3.88. The van der Waals surface area contributed by atoms with Crippen LogP contribution in [0.2, 0.25) is 0 Å². The lowest BCUT2D eigenvalue weighted by Gasteiger charge is -2.24. The van der Waals surface area contributed by atoms with Crippen LogP contribution in [0.4, 0.5) is 0 Å². The van der Waals surface area contributed by atoms with Crippen LogP contribution < -0.4 is 10.1 Å². The van der Waals surface area contributed by atoms with Gasteiger partial charge in [0, 0.05) is 30.9 Å². The zero-order chi connectivity index (χ0) is 16.8. The van der Waals surface area contributed by atoms with E-state index in [1.807, 2.05) is 36.2 Å². The lowest BCUT2D eigenvalue weighted by molar-refractivity contribution is -0.132. The molecule has 1 unspecified atom stereocenters. The molecule has 2 aromatic rings. The van der Waals surface area contributed by atoms with Crippen molar-refractivity contribution in [2.24, 2.45) is 0 Å². The van der Waals surface area contributed by atoms with Gasteiger partial charge in [0.25, 0.3) is 0 Å². The second-order valence-electron chi connectivity index (χ2n) is 6.37. The van der Waals surface area contributed by atoms with Gasteiger partial charge in [-0.3, -0.25) is 4.79 Å². The molecule has 0 bridgehead atoms. The van der Waals surface area contributed by atoms with E-state index in [1.54, 1.807) is 0 Å². The van der Waals surface area contributed by atoms with Crippen molar-refractivity contribution < 1.29 is 9.53 Å². The van der Waals surface area contributed by atoms with Crippen molar-refractivity contribution in [3.05, 3.63) is 42.5 Å². The van der Waals surface area contributed by atoms with E-state index in [1.165, 1.54) is 5.39 Å². The smallest absolute Gasteiger partial charge is 0.222 e. The van der Waals surface area contributed by atoms with Gasteiger partial charge in [0.15, 0.2) is 0 Å². The molecule has 1 aliphatic heterocycles. The molecule has 1 aliphatic rings. The summed E-state index contributed by atoms with van der Waals surface area (Å²) in [5, 5.41) is 5.49. The lowest BCUT2D eigenvalue weighted by Crippen LogP contribution is -2.40. The highest BCUT2D eigenvalue weighted by Crippen LogP contribution is 2.25. The molecule has 1 N–H and O–H groups in total. The van der Waals surface area contributed by atoms with Crippen molar-refractivity contribution in [1.29, 1.82) is 0 Å². The number of carbonyl (C=O) groups excluding carboxylic acids is 1. The molecule has 3 rings (SSSR count). The summed E-state index contributed by atoms with van der Waals surface area (Å²) >= 11 is 0. The fourth-order valence-corrected chi connectivity index (χ4v) is 3.48. The Kier molecular flexibility index (Phi) is 5.70. The first-order valence-electron chi connectivity index (χ1n) is 8.84. The fraction of sp³-hybridized carbons (Fsp3) is 0.450. The van der Waals surface area contributed by atoms with Gasteiger partial charge in [0.2, 0.25) is 5.91 Å². The third-order valence-electron chi connectivity index (χ3n) is 4.68. The van der Waals surface area contributed by atoms with E-state index >= 15 is 0 Å². The molecule has 0 spiro atoms. The molecule has 1 saturated heterocycles. The van der Waals surface area contributed by atoms with Crippen molar-refractivity contribution >= 4 is 16.7 Å². The number of ether oxygens (including phenoxy) is 1. The molecule has 1 atom stereocenters. The van der Waals surface area contributed by atoms with Crippen LogP contribution in [0, 0.1) is 0 Å². The number of hydrogen-bond acceptors (Lipinski definition) is 3. The van der Waals surface area contributed by atoms with E-state index < -0.39 is 0 Å². The molecule has 1 amide bonds. The molecule has 2 aromatic carbocycles. The van der Waals surface area contributed by atoms with E-state index in [0.717, 1.165) is 43.5 Å². The molecular weight excluding hydrogens is 300 g/mol. The monoisotopic (exact) mass is 326 g/mol. The number of nitrogens with zero attached hydrogens (tertiary/aromatic N) is 1. The van der Waals surface area contributed by atoms with Gasteiger partial charge in [0.1, 0.15) is 5.75 Å². The standard InChI is InChI=1S/C20H26N2O2/c1-21-15-17-9-5-13-22(17)20(23)12-6-14-24-19-11-4-8-16-7-2-3-10-18(16)19/h2-4,7-8,10-11,17,21H,5-6,9,12-15H2,1H3. The number of likely N-dealkylation sites (tertiary alicyclic amines) is 1. The SMILES string of the molecule is CNCC1CCCN1C(=O)CCCOc1cccc2ccccc12. The van der Waals surface area contributed by atoms with E-state index in [0.29, 0.717) is 19.1 Å². The zero-order valence-electron chi connectivity index (χ0n) is 14.3. The summed E-state index contributed by atoms with van der Waals surface area (Å²) in [5.74, 6) is 1.16. The highest BCUT2D eigenvalue weighted by molar-refractivity contribution is 5.88. The Morgan fingerprint density at radius 2 is 2.08 bits per heavy atom. The van der Waals surface area contributed by atoms with E-state index in [2.05, 4.69) is 23.5 Å². The van der Waals surface area contributed by atoms with Crippen molar-refractivity contribution in [2.45, 2.75) is 31.7 Å². The summed E-state index contributed by atoms with van der Waals surface area (Å²) < 4.78 is 5.92. The van der Waals surface area contributed by atoms with Crippen molar-refractivity contribution in [2.75, 3.05) is 26.7 Å². The summed E-state index contributed by atoms with van der Waals surface area (Å²) in [7, 11) is 1.94. The normalized spacial score (nSPS) is 17.4. The Morgan fingerprint density at radius 1 is 1.25 bits per heavy atom. The van der Waals surface area contributed by atoms with Crippen LogP contribution in [0.15, 0.2) is 42.5 Å². The predicted octanol–water partition coefficient (Wildman–Crippen LogP) is 3.21. The number of likely N-dealkylation sites (N-methyl/N-ethyl adjacent to an activating group) is 1. The molecule has 24 heavy (non-hydrogen) atoms. The summed E-state index contributed by atoms with van der Waals surface area (Å²) in [6.07, 6.45) is 3.54. The number of amides is 1. The van der Waals surface area contributed by atoms with Crippen molar-refractivity contribution in [3.8, 4) is 5.75 Å². The first-order valence-corrected chi connectivity index (χ1v) is 8.84. The number of fused-ring (bicyclic) bond motifs is 1. The second-order valence-corrected chi connectivity index (χ2v) is 6.37. The van der Waals surface area contributed by atoms with Crippen LogP contribution in [0.1, 0.15) is 25.7 Å². The molecule has 0 saturated carbocycles. The average Bonchev–Trinajstić information content (AvgIpc) is 3.07. The maximum atomic E-state index is 12.4. The maximum absolute atomic E-state index is 12.4. The van der Waals surface area contributed by atoms with Crippen LogP contribution in [0.5, 0.6) is 5.75 Å². The molecule has 0 aliphatic carbocycles. The number of nitrogens with one attached hydrogen (secondary N) is 1. The fourth-order valence-electron chi connectivity index (χ4n) is 3.48. The van der Waals surface area contributed by atoms with Crippen LogP contribution in [-0.2, 0) is 4.79 Å². The number of rotatable bonds is 7. The molecule has 0 aromatic heterocycles. The summed E-state index contributed by atoms with van der Waals surface area (Å²) in [4.78, 5) is 14.4. The summed E-state index contributed by atoms with van der Waals surface area (Å²) in [6.45, 7) is 2.36. The van der Waals surface area contributed by atoms with Gasteiger partial charge < -0.3 is 15.0 Å².